The molecule has 0 aromatic heterocycles. The molecule has 1 heterocycles. The van der Waals surface area contributed by atoms with Gasteiger partial charge in [0.2, 0.25) is 5.90 Å². The van der Waals surface area contributed by atoms with Gasteiger partial charge in [0.05, 0.1) is 4.92 Å². The van der Waals surface area contributed by atoms with Gasteiger partial charge in [0.25, 0.3) is 5.69 Å². The second-order valence-corrected chi connectivity index (χ2v) is 5.95. The Balaban J connectivity index is 2.01. The Hall–Kier alpha value is -3.28. The van der Waals surface area contributed by atoms with E-state index in [4.69, 9.17) is 4.74 Å². The molecule has 0 saturated heterocycles. The lowest BCUT2D eigenvalue weighted by molar-refractivity contribution is -0.385. The summed E-state index contributed by atoms with van der Waals surface area (Å²) in [5.41, 5.74) is 4.03. The summed E-state index contributed by atoms with van der Waals surface area (Å²) in [5, 5.41) is 11.1. The number of aliphatic imine (C=N–C) groups is 1. The van der Waals surface area contributed by atoms with Crippen molar-refractivity contribution in [3.05, 3.63) is 80.0 Å². The summed E-state index contributed by atoms with van der Waals surface area (Å²) >= 11 is 0. The van der Waals surface area contributed by atoms with E-state index < -0.39 is 10.9 Å². The maximum Gasteiger partial charge on any atom is 0.363 e. The molecule has 0 N–H and O–H groups in total. The maximum atomic E-state index is 12.1. The molecule has 0 atom stereocenters. The van der Waals surface area contributed by atoms with Crippen LogP contribution in [0.4, 0.5) is 5.69 Å². The monoisotopic (exact) mass is 336 g/mol. The number of ether oxygens (including phenoxy) is 1. The lowest BCUT2D eigenvalue weighted by Crippen LogP contribution is -2.06. The van der Waals surface area contributed by atoms with Crippen LogP contribution in [0.5, 0.6) is 0 Å². The molecule has 2 aromatic carbocycles. The molecule has 3 rings (SSSR count). The van der Waals surface area contributed by atoms with E-state index in [-0.39, 0.29) is 17.3 Å². The van der Waals surface area contributed by atoms with E-state index in [0.29, 0.717) is 11.1 Å². The van der Waals surface area contributed by atoms with Gasteiger partial charge in [-0.15, -0.1) is 0 Å². The number of esters is 1. The largest absolute Gasteiger partial charge is 0.402 e. The van der Waals surface area contributed by atoms with E-state index in [1.54, 1.807) is 25.1 Å². The lowest BCUT2D eigenvalue weighted by atomic mass is 10.0. The molecule has 0 fully saturated rings. The van der Waals surface area contributed by atoms with Crippen LogP contribution in [0, 0.1) is 30.9 Å². The molecule has 6 nitrogen and oxygen atoms in total. The van der Waals surface area contributed by atoms with Crippen molar-refractivity contribution in [1.29, 1.82) is 0 Å². The van der Waals surface area contributed by atoms with Crippen LogP contribution in [0.25, 0.3) is 6.08 Å². The minimum Gasteiger partial charge on any atom is -0.402 e. The first-order chi connectivity index (χ1) is 11.8. The minimum absolute atomic E-state index is 0.0387. The number of nitro groups is 1. The Labute approximate surface area is 144 Å². The van der Waals surface area contributed by atoms with E-state index in [2.05, 4.69) is 4.99 Å². The standard InChI is InChI=1S/C19H16N2O4/c1-11-4-5-12(2)15(8-11)9-16-19(22)25-18(20-16)14-7-6-13(3)17(10-14)21(23)24/h4-10H,1-3H3/b16-9+. The van der Waals surface area contributed by atoms with Gasteiger partial charge >= 0.3 is 5.97 Å². The van der Waals surface area contributed by atoms with Crippen molar-refractivity contribution in [1.82, 2.24) is 0 Å². The number of nitro benzene ring substituents is 1. The lowest BCUT2D eigenvalue weighted by Gasteiger charge is -2.01. The van der Waals surface area contributed by atoms with Gasteiger partial charge in [-0.1, -0.05) is 29.8 Å². The Morgan fingerprint density at radius 2 is 1.80 bits per heavy atom. The Morgan fingerprint density at radius 3 is 2.52 bits per heavy atom. The fourth-order valence-electron chi connectivity index (χ4n) is 2.53. The first-order valence-electron chi connectivity index (χ1n) is 7.70. The van der Waals surface area contributed by atoms with Crippen LogP contribution in [-0.2, 0) is 9.53 Å². The Bertz CT molecular complexity index is 958. The second kappa shape index (κ2) is 6.32. The highest BCUT2D eigenvalue weighted by Crippen LogP contribution is 2.24. The van der Waals surface area contributed by atoms with Crippen LogP contribution >= 0.6 is 0 Å². The van der Waals surface area contributed by atoms with Gasteiger partial charge in [-0.25, -0.2) is 9.79 Å². The number of hydrogen-bond acceptors (Lipinski definition) is 5. The molecular formula is C19H16N2O4. The molecule has 0 unspecified atom stereocenters. The van der Waals surface area contributed by atoms with E-state index in [9.17, 15) is 14.9 Å². The minimum atomic E-state index is -0.570. The second-order valence-electron chi connectivity index (χ2n) is 5.95. The fourth-order valence-corrected chi connectivity index (χ4v) is 2.53. The number of rotatable bonds is 3. The van der Waals surface area contributed by atoms with Crippen molar-refractivity contribution in [3.63, 3.8) is 0 Å². The molecule has 0 saturated carbocycles. The van der Waals surface area contributed by atoms with Crippen molar-refractivity contribution >= 4 is 23.6 Å². The summed E-state index contributed by atoms with van der Waals surface area (Å²) in [6.45, 7) is 5.56. The first-order valence-corrected chi connectivity index (χ1v) is 7.70. The predicted octanol–water partition coefficient (Wildman–Crippen LogP) is 3.86. The smallest absolute Gasteiger partial charge is 0.363 e. The maximum absolute atomic E-state index is 12.1. The van der Waals surface area contributed by atoms with Gasteiger partial charge in [0.1, 0.15) is 0 Å². The molecule has 1 aliphatic heterocycles. The molecule has 0 amide bonds. The van der Waals surface area contributed by atoms with Crippen LogP contribution in [0.1, 0.15) is 27.8 Å². The summed E-state index contributed by atoms with van der Waals surface area (Å²) in [5.74, 6) is -0.496. The average molecular weight is 336 g/mol. The number of carbonyl (C=O) groups is 1. The molecule has 1 aliphatic rings. The van der Waals surface area contributed by atoms with Crippen LogP contribution in [0.3, 0.4) is 0 Å². The topological polar surface area (TPSA) is 81.8 Å². The number of hydrogen-bond donors (Lipinski definition) is 0. The zero-order valence-electron chi connectivity index (χ0n) is 14.1. The predicted molar refractivity (Wildman–Crippen MR) is 94.4 cm³/mol. The van der Waals surface area contributed by atoms with E-state index in [1.807, 2.05) is 32.0 Å². The third kappa shape index (κ3) is 3.33. The Kier molecular flexibility index (Phi) is 4.19. The summed E-state index contributed by atoms with van der Waals surface area (Å²) in [6, 6.07) is 10.5. The number of nitrogens with zero attached hydrogens (tertiary/aromatic N) is 2. The van der Waals surface area contributed by atoms with Gasteiger partial charge in [-0.3, -0.25) is 10.1 Å². The number of cyclic esters (lactones) is 1. The van der Waals surface area contributed by atoms with Gasteiger partial charge in [-0.05, 0) is 44.0 Å². The van der Waals surface area contributed by atoms with Crippen LogP contribution < -0.4 is 0 Å². The van der Waals surface area contributed by atoms with Crippen molar-refractivity contribution < 1.29 is 14.5 Å². The van der Waals surface area contributed by atoms with Gasteiger partial charge in [0, 0.05) is 17.2 Å². The van der Waals surface area contributed by atoms with Crippen molar-refractivity contribution in [2.45, 2.75) is 20.8 Å². The normalized spacial score (nSPS) is 15.2. The SMILES string of the molecule is Cc1ccc(C)c(/C=C2/N=C(c3ccc(C)c([N+](=O)[O-])c3)OC2=O)c1. The molecule has 6 heteroatoms. The quantitative estimate of drug-likeness (QED) is 0.369. The fraction of sp³-hybridized carbons (Fsp3) is 0.158. The van der Waals surface area contributed by atoms with E-state index in [1.165, 1.54) is 6.07 Å². The summed E-state index contributed by atoms with van der Waals surface area (Å²) in [6.07, 6.45) is 1.67. The van der Waals surface area contributed by atoms with Crippen LogP contribution in [0.15, 0.2) is 47.1 Å². The number of benzene rings is 2. The molecule has 0 bridgehead atoms. The zero-order valence-corrected chi connectivity index (χ0v) is 14.1. The molecule has 0 spiro atoms. The molecule has 25 heavy (non-hydrogen) atoms. The molecule has 126 valence electrons. The van der Waals surface area contributed by atoms with Crippen molar-refractivity contribution in [3.8, 4) is 0 Å². The highest BCUT2D eigenvalue weighted by atomic mass is 16.6. The first kappa shape index (κ1) is 16.6. The van der Waals surface area contributed by atoms with Crippen molar-refractivity contribution in [2.75, 3.05) is 0 Å². The van der Waals surface area contributed by atoms with Gasteiger partial charge < -0.3 is 4.74 Å². The molecule has 2 aromatic rings. The molecular weight excluding hydrogens is 320 g/mol. The highest BCUT2D eigenvalue weighted by Gasteiger charge is 2.26. The van der Waals surface area contributed by atoms with Crippen LogP contribution in [-0.4, -0.2) is 16.8 Å². The van der Waals surface area contributed by atoms with Gasteiger partial charge in [0.15, 0.2) is 5.70 Å². The van der Waals surface area contributed by atoms with Crippen molar-refractivity contribution in [2.24, 2.45) is 4.99 Å². The molecule has 0 radical (unpaired) electrons. The summed E-state index contributed by atoms with van der Waals surface area (Å²) < 4.78 is 5.20. The third-order valence-corrected chi connectivity index (χ3v) is 4.00. The third-order valence-electron chi connectivity index (χ3n) is 4.00. The zero-order chi connectivity index (χ0) is 18.1. The molecule has 0 aliphatic carbocycles. The average Bonchev–Trinajstić information content (AvgIpc) is 2.92. The Morgan fingerprint density at radius 1 is 1.08 bits per heavy atom. The number of carbonyl (C=O) groups excluding carboxylic acids is 1. The number of aryl methyl sites for hydroxylation is 3. The summed E-state index contributed by atoms with van der Waals surface area (Å²) in [4.78, 5) is 26.9. The van der Waals surface area contributed by atoms with E-state index >= 15 is 0 Å². The van der Waals surface area contributed by atoms with E-state index in [0.717, 1.165) is 16.7 Å². The summed E-state index contributed by atoms with van der Waals surface area (Å²) in [7, 11) is 0. The highest BCUT2D eigenvalue weighted by molar-refractivity contribution is 6.13. The van der Waals surface area contributed by atoms with Crippen LogP contribution in [0.2, 0.25) is 0 Å². The van der Waals surface area contributed by atoms with Gasteiger partial charge in [-0.2, -0.15) is 0 Å².